The Labute approximate surface area is 175 Å². The minimum atomic E-state index is -0.513. The maximum atomic E-state index is 11.2. The van der Waals surface area contributed by atoms with Crippen LogP contribution in [0.4, 0.5) is 0 Å². The van der Waals surface area contributed by atoms with Crippen LogP contribution in [0.25, 0.3) is 11.1 Å². The molecule has 0 N–H and O–H groups in total. The number of esters is 2. The van der Waals surface area contributed by atoms with Gasteiger partial charge in [0.15, 0.2) is 0 Å². The van der Waals surface area contributed by atoms with E-state index >= 15 is 0 Å². The fourth-order valence-electron chi connectivity index (χ4n) is 2.04. The van der Waals surface area contributed by atoms with E-state index in [-0.39, 0.29) is 0 Å². The van der Waals surface area contributed by atoms with E-state index in [0.717, 1.165) is 23.7 Å². The molecule has 0 aliphatic rings. The van der Waals surface area contributed by atoms with E-state index in [1.807, 2.05) is 24.3 Å². The van der Waals surface area contributed by atoms with E-state index in [2.05, 4.69) is 13.2 Å². The SMILES string of the molecule is C=C(C)C(=O)O/C=C\Oc1ccc(-c2ccc(O/C=C\OC(=O)C(=C)C)cc2)cc1. The predicted octanol–water partition coefficient (Wildman–Crippen LogP) is 5.29. The van der Waals surface area contributed by atoms with Gasteiger partial charge in [-0.25, -0.2) is 9.59 Å². The van der Waals surface area contributed by atoms with Crippen LogP contribution in [0.5, 0.6) is 11.5 Å². The Kier molecular flexibility index (Phi) is 8.20. The Bertz CT molecular complexity index is 884. The molecule has 0 aromatic heterocycles. The van der Waals surface area contributed by atoms with Gasteiger partial charge in [-0.05, 0) is 49.2 Å². The minimum Gasteiger partial charge on any atom is -0.462 e. The summed E-state index contributed by atoms with van der Waals surface area (Å²) in [5, 5.41) is 0. The Morgan fingerprint density at radius 2 is 0.967 bits per heavy atom. The van der Waals surface area contributed by atoms with Crippen molar-refractivity contribution in [1.29, 1.82) is 0 Å². The molecular weight excluding hydrogens is 384 g/mol. The van der Waals surface area contributed by atoms with Crippen molar-refractivity contribution >= 4 is 11.9 Å². The van der Waals surface area contributed by atoms with Crippen LogP contribution in [0.1, 0.15) is 13.8 Å². The van der Waals surface area contributed by atoms with E-state index in [1.54, 1.807) is 38.1 Å². The van der Waals surface area contributed by atoms with Crippen molar-refractivity contribution in [3.8, 4) is 22.6 Å². The van der Waals surface area contributed by atoms with Gasteiger partial charge in [-0.1, -0.05) is 37.4 Å². The highest BCUT2D eigenvalue weighted by Gasteiger charge is 2.02. The van der Waals surface area contributed by atoms with Gasteiger partial charge < -0.3 is 18.9 Å². The summed E-state index contributed by atoms with van der Waals surface area (Å²) in [6.07, 6.45) is 4.89. The highest BCUT2D eigenvalue weighted by molar-refractivity contribution is 5.87. The number of benzene rings is 2. The second-order valence-corrected chi connectivity index (χ2v) is 6.20. The molecule has 154 valence electrons. The zero-order valence-electron chi connectivity index (χ0n) is 16.8. The average Bonchev–Trinajstić information content (AvgIpc) is 2.74. The van der Waals surface area contributed by atoms with Crippen molar-refractivity contribution in [2.75, 3.05) is 0 Å². The molecule has 0 fully saturated rings. The van der Waals surface area contributed by atoms with E-state index in [4.69, 9.17) is 18.9 Å². The largest absolute Gasteiger partial charge is 0.462 e. The van der Waals surface area contributed by atoms with Crippen molar-refractivity contribution in [1.82, 2.24) is 0 Å². The van der Waals surface area contributed by atoms with Crippen LogP contribution in [0.3, 0.4) is 0 Å². The molecule has 0 amide bonds. The molecule has 0 aliphatic heterocycles. The van der Waals surface area contributed by atoms with Gasteiger partial charge in [-0.15, -0.1) is 0 Å². The summed E-state index contributed by atoms with van der Waals surface area (Å²) in [6, 6.07) is 14.8. The summed E-state index contributed by atoms with van der Waals surface area (Å²) >= 11 is 0. The Morgan fingerprint density at radius 1 is 0.633 bits per heavy atom. The summed E-state index contributed by atoms with van der Waals surface area (Å²) in [4.78, 5) is 22.5. The highest BCUT2D eigenvalue weighted by Crippen LogP contribution is 2.24. The van der Waals surface area contributed by atoms with Crippen molar-refractivity contribution < 1.29 is 28.5 Å². The van der Waals surface area contributed by atoms with Gasteiger partial charge in [0.1, 0.15) is 36.5 Å². The molecule has 0 heterocycles. The molecular formula is C24H22O6. The minimum absolute atomic E-state index is 0.308. The number of ether oxygens (including phenoxy) is 4. The van der Waals surface area contributed by atoms with Crippen LogP contribution >= 0.6 is 0 Å². The van der Waals surface area contributed by atoms with Crippen LogP contribution in [0, 0.1) is 0 Å². The van der Waals surface area contributed by atoms with Gasteiger partial charge in [0, 0.05) is 11.1 Å². The summed E-state index contributed by atoms with van der Waals surface area (Å²) < 4.78 is 20.3. The second-order valence-electron chi connectivity index (χ2n) is 6.20. The third-order valence-electron chi connectivity index (χ3n) is 3.61. The standard InChI is InChI=1S/C24H22O6/c1-17(2)23(25)29-15-13-27-21-9-5-19(6-10-21)20-7-11-22(12-8-20)28-14-16-30-24(26)18(3)4/h5-16H,1,3H2,2,4H3/b15-13-,16-14-. The zero-order valence-corrected chi connectivity index (χ0v) is 16.8. The van der Waals surface area contributed by atoms with Crippen molar-refractivity contribution in [3.05, 3.63) is 97.9 Å². The van der Waals surface area contributed by atoms with Crippen LogP contribution in [0.15, 0.2) is 97.9 Å². The van der Waals surface area contributed by atoms with Gasteiger partial charge in [-0.3, -0.25) is 0 Å². The third kappa shape index (κ3) is 7.16. The van der Waals surface area contributed by atoms with Gasteiger partial charge in [0.25, 0.3) is 0 Å². The molecule has 2 rings (SSSR count). The third-order valence-corrected chi connectivity index (χ3v) is 3.61. The number of hydrogen-bond acceptors (Lipinski definition) is 6. The smallest absolute Gasteiger partial charge is 0.338 e. The van der Waals surface area contributed by atoms with Gasteiger partial charge in [-0.2, -0.15) is 0 Å². The van der Waals surface area contributed by atoms with Gasteiger partial charge in [0.2, 0.25) is 0 Å². The first kappa shape index (κ1) is 22.2. The number of carbonyl (C=O) groups is 2. The zero-order chi connectivity index (χ0) is 21.9. The summed E-state index contributed by atoms with van der Waals surface area (Å²) in [5.41, 5.74) is 2.58. The molecule has 0 bridgehead atoms. The van der Waals surface area contributed by atoms with Crippen molar-refractivity contribution in [3.63, 3.8) is 0 Å². The monoisotopic (exact) mass is 406 g/mol. The lowest BCUT2D eigenvalue weighted by molar-refractivity contribution is -0.134. The first-order chi connectivity index (χ1) is 14.4. The number of rotatable bonds is 9. The molecule has 0 saturated carbocycles. The summed E-state index contributed by atoms with van der Waals surface area (Å²) in [7, 11) is 0. The lowest BCUT2D eigenvalue weighted by Crippen LogP contribution is -1.99. The van der Waals surface area contributed by atoms with Crippen LogP contribution in [-0.4, -0.2) is 11.9 Å². The fraction of sp³-hybridized carbons (Fsp3) is 0.0833. The van der Waals surface area contributed by atoms with E-state index in [0.29, 0.717) is 22.6 Å². The fourth-order valence-corrected chi connectivity index (χ4v) is 2.04. The molecule has 6 nitrogen and oxygen atoms in total. The Balaban J connectivity index is 1.87. The lowest BCUT2D eigenvalue weighted by atomic mass is 10.1. The van der Waals surface area contributed by atoms with Crippen molar-refractivity contribution in [2.24, 2.45) is 0 Å². The molecule has 2 aromatic rings. The van der Waals surface area contributed by atoms with E-state index in [9.17, 15) is 9.59 Å². The summed E-state index contributed by atoms with van der Waals surface area (Å²) in [6.45, 7) is 10.1. The number of hydrogen-bond donors (Lipinski definition) is 0. The normalized spacial score (nSPS) is 10.6. The molecule has 0 saturated heterocycles. The van der Waals surface area contributed by atoms with Crippen molar-refractivity contribution in [2.45, 2.75) is 13.8 Å². The van der Waals surface area contributed by atoms with Gasteiger partial charge >= 0.3 is 11.9 Å². The molecule has 0 aliphatic carbocycles. The Hall–Kier alpha value is -4.06. The predicted molar refractivity (Wildman–Crippen MR) is 113 cm³/mol. The highest BCUT2D eigenvalue weighted by atomic mass is 16.5. The molecule has 0 atom stereocenters. The first-order valence-electron chi connectivity index (χ1n) is 8.93. The molecule has 0 unspecified atom stereocenters. The van der Waals surface area contributed by atoms with E-state index in [1.165, 1.54) is 12.5 Å². The maximum absolute atomic E-state index is 11.2. The van der Waals surface area contributed by atoms with Crippen LogP contribution in [0.2, 0.25) is 0 Å². The molecule has 0 spiro atoms. The van der Waals surface area contributed by atoms with E-state index < -0.39 is 11.9 Å². The van der Waals surface area contributed by atoms with Crippen LogP contribution < -0.4 is 9.47 Å². The number of carbonyl (C=O) groups excluding carboxylic acids is 2. The quantitative estimate of drug-likeness (QED) is 0.320. The lowest BCUT2D eigenvalue weighted by Gasteiger charge is -2.06. The second kappa shape index (κ2) is 11.1. The molecule has 0 radical (unpaired) electrons. The van der Waals surface area contributed by atoms with Gasteiger partial charge in [0.05, 0.1) is 0 Å². The molecule has 2 aromatic carbocycles. The molecule has 6 heteroatoms. The Morgan fingerprint density at radius 3 is 1.27 bits per heavy atom. The topological polar surface area (TPSA) is 71.1 Å². The van der Waals surface area contributed by atoms with Crippen LogP contribution in [-0.2, 0) is 19.1 Å². The summed E-state index contributed by atoms with van der Waals surface area (Å²) in [5.74, 6) is 0.161. The maximum Gasteiger partial charge on any atom is 0.338 e. The molecule has 30 heavy (non-hydrogen) atoms. The first-order valence-corrected chi connectivity index (χ1v) is 8.93. The average molecular weight is 406 g/mol.